The molecule has 0 radical (unpaired) electrons. The van der Waals surface area contributed by atoms with E-state index in [-0.39, 0.29) is 0 Å². The number of benzene rings is 1. The molecule has 2 aromatic heterocycles. The van der Waals surface area contributed by atoms with Crippen LogP contribution >= 0.6 is 22.9 Å². The Bertz CT molecular complexity index is 716. The number of fused-ring (bicyclic) bond motifs is 1. The van der Waals surface area contributed by atoms with Gasteiger partial charge in [0.05, 0.1) is 26.6 Å². The predicted molar refractivity (Wildman–Crippen MR) is 75.9 cm³/mol. The van der Waals surface area contributed by atoms with Crippen molar-refractivity contribution in [2.24, 2.45) is 7.05 Å². The maximum absolute atomic E-state index is 6.13. The monoisotopic (exact) mass is 278 g/mol. The van der Waals surface area contributed by atoms with Crippen molar-refractivity contribution in [2.75, 3.05) is 5.32 Å². The highest BCUT2D eigenvalue weighted by atomic mass is 35.5. The summed E-state index contributed by atoms with van der Waals surface area (Å²) in [5, 5.41) is 9.12. The molecule has 6 heteroatoms. The van der Waals surface area contributed by atoms with E-state index in [2.05, 4.69) is 15.4 Å². The standard InChI is InChI=1S/C12H11ClN4S/c1-7-10(6-17(2)16-7)15-12-14-9-5-3-4-8(13)11(9)18-12/h3-6H,1-2H3,(H,14,15). The van der Waals surface area contributed by atoms with Gasteiger partial charge in [-0.05, 0) is 19.1 Å². The Morgan fingerprint density at radius 2 is 2.22 bits per heavy atom. The fraction of sp³-hybridized carbons (Fsp3) is 0.167. The third-order valence-corrected chi connectivity index (χ3v) is 4.07. The van der Waals surface area contributed by atoms with Gasteiger partial charge in [-0.3, -0.25) is 4.68 Å². The van der Waals surface area contributed by atoms with E-state index in [0.717, 1.165) is 31.8 Å². The summed E-state index contributed by atoms with van der Waals surface area (Å²) in [5.41, 5.74) is 2.83. The van der Waals surface area contributed by atoms with Gasteiger partial charge in [-0.25, -0.2) is 4.98 Å². The van der Waals surface area contributed by atoms with Gasteiger partial charge in [-0.1, -0.05) is 29.0 Å². The first-order chi connectivity index (χ1) is 8.63. The highest BCUT2D eigenvalue weighted by Gasteiger charge is 2.09. The Morgan fingerprint density at radius 3 is 2.89 bits per heavy atom. The summed E-state index contributed by atoms with van der Waals surface area (Å²) < 4.78 is 2.78. The lowest BCUT2D eigenvalue weighted by atomic mass is 10.3. The van der Waals surface area contributed by atoms with E-state index in [1.807, 2.05) is 38.4 Å². The number of nitrogens with one attached hydrogen (secondary N) is 1. The number of thiazole rings is 1. The van der Waals surface area contributed by atoms with E-state index in [4.69, 9.17) is 11.6 Å². The molecule has 0 unspecified atom stereocenters. The van der Waals surface area contributed by atoms with Crippen LogP contribution in [0.5, 0.6) is 0 Å². The zero-order chi connectivity index (χ0) is 12.7. The number of hydrogen-bond acceptors (Lipinski definition) is 4. The average molecular weight is 279 g/mol. The Morgan fingerprint density at radius 1 is 1.39 bits per heavy atom. The molecule has 0 spiro atoms. The molecule has 18 heavy (non-hydrogen) atoms. The first-order valence-electron chi connectivity index (χ1n) is 5.46. The Balaban J connectivity index is 2.00. The molecule has 92 valence electrons. The minimum Gasteiger partial charge on any atom is -0.329 e. The smallest absolute Gasteiger partial charge is 0.188 e. The quantitative estimate of drug-likeness (QED) is 0.777. The lowest BCUT2D eigenvalue weighted by Gasteiger charge is -1.97. The molecule has 0 saturated heterocycles. The van der Waals surface area contributed by atoms with E-state index >= 15 is 0 Å². The summed E-state index contributed by atoms with van der Waals surface area (Å²) in [6, 6.07) is 5.74. The molecule has 1 N–H and O–H groups in total. The van der Waals surface area contributed by atoms with Crippen LogP contribution in [0.25, 0.3) is 10.2 Å². The van der Waals surface area contributed by atoms with Crippen LogP contribution in [0.4, 0.5) is 10.8 Å². The maximum Gasteiger partial charge on any atom is 0.188 e. The number of aryl methyl sites for hydroxylation is 2. The van der Waals surface area contributed by atoms with Gasteiger partial charge in [-0.15, -0.1) is 0 Å². The lowest BCUT2D eigenvalue weighted by molar-refractivity contribution is 0.756. The molecular weight excluding hydrogens is 268 g/mol. The van der Waals surface area contributed by atoms with Crippen LogP contribution in [0, 0.1) is 6.92 Å². The van der Waals surface area contributed by atoms with Crippen LogP contribution in [0.2, 0.25) is 5.02 Å². The van der Waals surface area contributed by atoms with Crippen LogP contribution in [-0.4, -0.2) is 14.8 Å². The fourth-order valence-corrected chi connectivity index (χ4v) is 2.97. The Hall–Kier alpha value is -1.59. The highest BCUT2D eigenvalue weighted by molar-refractivity contribution is 7.22. The molecule has 0 fully saturated rings. The normalized spacial score (nSPS) is 11.1. The second-order valence-corrected chi connectivity index (χ2v) is 5.44. The van der Waals surface area contributed by atoms with E-state index in [1.165, 1.54) is 0 Å². The topological polar surface area (TPSA) is 42.7 Å². The first kappa shape index (κ1) is 11.5. The Kier molecular flexibility index (Phi) is 2.72. The molecule has 0 amide bonds. The molecule has 0 bridgehead atoms. The number of nitrogens with zero attached hydrogens (tertiary/aromatic N) is 3. The van der Waals surface area contributed by atoms with Gasteiger partial charge in [0.25, 0.3) is 0 Å². The minimum atomic E-state index is 0.737. The molecule has 3 aromatic rings. The van der Waals surface area contributed by atoms with Crippen molar-refractivity contribution in [1.29, 1.82) is 0 Å². The molecule has 4 nitrogen and oxygen atoms in total. The Labute approximate surface area is 113 Å². The summed E-state index contributed by atoms with van der Waals surface area (Å²) in [6.07, 6.45) is 1.93. The number of aromatic nitrogens is 3. The third kappa shape index (κ3) is 1.95. The van der Waals surface area contributed by atoms with E-state index in [0.29, 0.717) is 0 Å². The van der Waals surface area contributed by atoms with Crippen molar-refractivity contribution in [3.63, 3.8) is 0 Å². The second kappa shape index (κ2) is 4.26. The van der Waals surface area contributed by atoms with E-state index < -0.39 is 0 Å². The van der Waals surface area contributed by atoms with Crippen LogP contribution in [-0.2, 0) is 7.05 Å². The van der Waals surface area contributed by atoms with Gasteiger partial charge in [0, 0.05) is 13.2 Å². The summed E-state index contributed by atoms with van der Waals surface area (Å²) in [6.45, 7) is 1.96. The van der Waals surface area contributed by atoms with Crippen molar-refractivity contribution in [3.05, 3.63) is 35.1 Å². The van der Waals surface area contributed by atoms with Gasteiger partial charge in [-0.2, -0.15) is 5.10 Å². The molecule has 0 aliphatic carbocycles. The first-order valence-corrected chi connectivity index (χ1v) is 6.65. The van der Waals surface area contributed by atoms with Gasteiger partial charge < -0.3 is 5.32 Å². The van der Waals surface area contributed by atoms with Crippen molar-refractivity contribution in [1.82, 2.24) is 14.8 Å². The fourth-order valence-electron chi connectivity index (χ4n) is 1.81. The third-order valence-electron chi connectivity index (χ3n) is 2.62. The van der Waals surface area contributed by atoms with E-state index in [9.17, 15) is 0 Å². The predicted octanol–water partition coefficient (Wildman–Crippen LogP) is 3.74. The summed E-state index contributed by atoms with van der Waals surface area (Å²) in [5.74, 6) is 0. The average Bonchev–Trinajstić information content (AvgIpc) is 2.84. The zero-order valence-corrected chi connectivity index (χ0v) is 11.5. The van der Waals surface area contributed by atoms with Crippen molar-refractivity contribution in [2.45, 2.75) is 6.92 Å². The second-order valence-electron chi connectivity index (χ2n) is 4.03. The summed E-state index contributed by atoms with van der Waals surface area (Å²) in [4.78, 5) is 4.51. The largest absolute Gasteiger partial charge is 0.329 e. The van der Waals surface area contributed by atoms with Gasteiger partial charge in [0.1, 0.15) is 0 Å². The number of rotatable bonds is 2. The number of anilines is 2. The van der Waals surface area contributed by atoms with Crippen LogP contribution in [0.15, 0.2) is 24.4 Å². The molecule has 1 aromatic carbocycles. The molecule has 2 heterocycles. The van der Waals surface area contributed by atoms with Crippen molar-refractivity contribution >= 4 is 44.0 Å². The minimum absolute atomic E-state index is 0.737. The molecule has 0 saturated carbocycles. The summed E-state index contributed by atoms with van der Waals surface area (Å²) >= 11 is 7.68. The SMILES string of the molecule is Cc1nn(C)cc1Nc1nc2cccc(Cl)c2s1. The van der Waals surface area contributed by atoms with E-state index in [1.54, 1.807) is 16.0 Å². The van der Waals surface area contributed by atoms with Crippen LogP contribution < -0.4 is 5.32 Å². The molecule has 0 aliphatic rings. The highest BCUT2D eigenvalue weighted by Crippen LogP contribution is 2.33. The number of hydrogen-bond donors (Lipinski definition) is 1. The van der Waals surface area contributed by atoms with Crippen LogP contribution in [0.1, 0.15) is 5.69 Å². The zero-order valence-electron chi connectivity index (χ0n) is 9.94. The van der Waals surface area contributed by atoms with Gasteiger partial charge in [0.2, 0.25) is 0 Å². The van der Waals surface area contributed by atoms with Crippen LogP contribution in [0.3, 0.4) is 0 Å². The van der Waals surface area contributed by atoms with Gasteiger partial charge >= 0.3 is 0 Å². The molecular formula is C12H11ClN4S. The van der Waals surface area contributed by atoms with Crippen molar-refractivity contribution < 1.29 is 0 Å². The maximum atomic E-state index is 6.13. The number of halogens is 1. The molecule has 3 rings (SSSR count). The lowest BCUT2D eigenvalue weighted by Crippen LogP contribution is -1.89. The molecule has 0 atom stereocenters. The van der Waals surface area contributed by atoms with Crippen molar-refractivity contribution in [3.8, 4) is 0 Å². The van der Waals surface area contributed by atoms with Gasteiger partial charge in [0.15, 0.2) is 5.13 Å². The molecule has 0 aliphatic heterocycles. The summed E-state index contributed by atoms with van der Waals surface area (Å²) in [7, 11) is 1.90.